The number of nitrogens with zero attached hydrogens (tertiary/aromatic N) is 3. The molecule has 1 atom stereocenters. The number of thiazole rings is 1. The second-order valence-corrected chi connectivity index (χ2v) is 9.24. The van der Waals surface area contributed by atoms with Gasteiger partial charge in [-0.1, -0.05) is 23.5 Å². The number of benzene rings is 2. The first-order valence-corrected chi connectivity index (χ1v) is 12.4. The molecule has 204 valence electrons. The summed E-state index contributed by atoms with van der Waals surface area (Å²) in [6.07, 6.45) is 1.35. The van der Waals surface area contributed by atoms with Crippen LogP contribution in [0.15, 0.2) is 51.4 Å². The van der Waals surface area contributed by atoms with Gasteiger partial charge in [0.05, 0.1) is 54.7 Å². The number of para-hydroxylation sites is 1. The number of esters is 1. The Morgan fingerprint density at radius 2 is 1.87 bits per heavy atom. The molecule has 0 amide bonds. The lowest BCUT2D eigenvalue weighted by Crippen LogP contribution is -2.40. The molecule has 1 aromatic heterocycles. The van der Waals surface area contributed by atoms with Crippen LogP contribution in [0.25, 0.3) is 6.08 Å². The summed E-state index contributed by atoms with van der Waals surface area (Å²) in [4.78, 5) is 42.3. The van der Waals surface area contributed by atoms with Crippen molar-refractivity contribution in [1.29, 1.82) is 0 Å². The van der Waals surface area contributed by atoms with Gasteiger partial charge in [0.2, 0.25) is 11.5 Å². The lowest BCUT2D eigenvalue weighted by atomic mass is 9.95. The number of allylic oxidation sites excluding steroid dienone is 1. The van der Waals surface area contributed by atoms with Crippen LogP contribution in [0.4, 0.5) is 5.69 Å². The van der Waals surface area contributed by atoms with Crippen LogP contribution in [0.3, 0.4) is 0 Å². The van der Waals surface area contributed by atoms with Gasteiger partial charge in [0.25, 0.3) is 5.56 Å². The van der Waals surface area contributed by atoms with E-state index in [1.165, 1.54) is 44.1 Å². The van der Waals surface area contributed by atoms with E-state index in [1.807, 2.05) is 0 Å². The van der Waals surface area contributed by atoms with Crippen molar-refractivity contribution < 1.29 is 33.8 Å². The number of phenols is 1. The number of carbonyl (C=O) groups is 1. The normalized spacial score (nSPS) is 14.9. The molecule has 0 aliphatic carbocycles. The van der Waals surface area contributed by atoms with E-state index in [0.29, 0.717) is 28.5 Å². The van der Waals surface area contributed by atoms with E-state index in [0.717, 1.165) is 17.4 Å². The van der Waals surface area contributed by atoms with Gasteiger partial charge in [-0.2, -0.15) is 0 Å². The van der Waals surface area contributed by atoms with Gasteiger partial charge in [0, 0.05) is 11.6 Å². The number of nitro benzene ring substituents is 1. The predicted octanol–water partition coefficient (Wildman–Crippen LogP) is 2.44. The fraction of sp³-hybridized carbons (Fsp3) is 0.269. The van der Waals surface area contributed by atoms with Crippen LogP contribution >= 0.6 is 11.3 Å². The topological polar surface area (TPSA) is 152 Å². The molecule has 0 unspecified atom stereocenters. The van der Waals surface area contributed by atoms with Gasteiger partial charge in [0.1, 0.15) is 0 Å². The molecule has 2 aromatic carbocycles. The third-order valence-electron chi connectivity index (χ3n) is 6.05. The molecule has 0 fully saturated rings. The van der Waals surface area contributed by atoms with E-state index in [-0.39, 0.29) is 27.1 Å². The third-order valence-corrected chi connectivity index (χ3v) is 7.03. The van der Waals surface area contributed by atoms with Crippen molar-refractivity contribution in [2.24, 2.45) is 4.99 Å². The second kappa shape index (κ2) is 11.0. The van der Waals surface area contributed by atoms with Crippen molar-refractivity contribution in [3.05, 3.63) is 82.5 Å². The Labute approximate surface area is 225 Å². The number of methoxy groups -OCH3 is 3. The van der Waals surface area contributed by atoms with E-state index >= 15 is 0 Å². The smallest absolute Gasteiger partial charge is 0.338 e. The molecule has 0 bridgehead atoms. The summed E-state index contributed by atoms with van der Waals surface area (Å²) in [5, 5.41) is 21.7. The Kier molecular flexibility index (Phi) is 7.72. The quantitative estimate of drug-likeness (QED) is 0.251. The van der Waals surface area contributed by atoms with Crippen molar-refractivity contribution in [2.45, 2.75) is 19.9 Å². The fourth-order valence-electron chi connectivity index (χ4n) is 4.32. The van der Waals surface area contributed by atoms with E-state index in [1.54, 1.807) is 26.0 Å². The van der Waals surface area contributed by atoms with Crippen LogP contribution in [0.5, 0.6) is 23.0 Å². The lowest BCUT2D eigenvalue weighted by Gasteiger charge is -2.26. The predicted molar refractivity (Wildman–Crippen MR) is 141 cm³/mol. The number of hydrogen-bond donors (Lipinski definition) is 1. The summed E-state index contributed by atoms with van der Waals surface area (Å²) < 4.78 is 23.2. The molecule has 2 heterocycles. The van der Waals surface area contributed by atoms with E-state index in [9.17, 15) is 24.8 Å². The number of fused-ring (bicyclic) bond motifs is 1. The van der Waals surface area contributed by atoms with Crippen molar-refractivity contribution in [2.75, 3.05) is 27.9 Å². The maximum absolute atomic E-state index is 13.8. The Bertz CT molecular complexity index is 1660. The van der Waals surface area contributed by atoms with Gasteiger partial charge in [-0.05, 0) is 37.6 Å². The van der Waals surface area contributed by atoms with Crippen molar-refractivity contribution in [1.82, 2.24) is 4.57 Å². The van der Waals surface area contributed by atoms with Crippen LogP contribution in [0.1, 0.15) is 31.0 Å². The highest BCUT2D eigenvalue weighted by Gasteiger charge is 2.34. The van der Waals surface area contributed by atoms with Gasteiger partial charge >= 0.3 is 11.7 Å². The van der Waals surface area contributed by atoms with Gasteiger partial charge < -0.3 is 24.1 Å². The number of rotatable bonds is 8. The minimum absolute atomic E-state index is 0.0835. The van der Waals surface area contributed by atoms with Crippen molar-refractivity contribution in [3.63, 3.8) is 0 Å². The van der Waals surface area contributed by atoms with Crippen molar-refractivity contribution in [3.8, 4) is 23.0 Å². The highest BCUT2D eigenvalue weighted by molar-refractivity contribution is 7.07. The summed E-state index contributed by atoms with van der Waals surface area (Å²) in [7, 11) is 4.36. The Morgan fingerprint density at radius 1 is 1.21 bits per heavy atom. The molecule has 13 heteroatoms. The molecule has 12 nitrogen and oxygen atoms in total. The summed E-state index contributed by atoms with van der Waals surface area (Å²) in [5.41, 5.74) is 0.0132. The maximum atomic E-state index is 13.8. The summed E-state index contributed by atoms with van der Waals surface area (Å²) in [5.74, 6) is -0.265. The number of phenolic OH excluding ortho intramolecular Hbond substituents is 1. The van der Waals surface area contributed by atoms with Gasteiger partial charge in [-0.15, -0.1) is 0 Å². The molecule has 1 N–H and O–H groups in total. The summed E-state index contributed by atoms with van der Waals surface area (Å²) in [6, 6.07) is 6.30. The molecule has 0 spiro atoms. The molecular weight excluding hydrogens is 530 g/mol. The van der Waals surface area contributed by atoms with Gasteiger partial charge in [-0.25, -0.2) is 9.79 Å². The molecule has 0 saturated carbocycles. The van der Waals surface area contributed by atoms with Crippen LogP contribution in [0.2, 0.25) is 0 Å². The number of aromatic nitrogens is 1. The first-order valence-electron chi connectivity index (χ1n) is 11.6. The van der Waals surface area contributed by atoms with Crippen LogP contribution in [0, 0.1) is 10.1 Å². The Balaban J connectivity index is 2.03. The van der Waals surface area contributed by atoms with Crippen molar-refractivity contribution >= 4 is 29.1 Å². The number of ether oxygens (including phenoxy) is 4. The minimum atomic E-state index is -0.977. The monoisotopic (exact) mass is 555 g/mol. The zero-order valence-electron chi connectivity index (χ0n) is 21.7. The zero-order valence-corrected chi connectivity index (χ0v) is 22.5. The largest absolute Gasteiger partial charge is 0.502 e. The first-order chi connectivity index (χ1) is 18.7. The second-order valence-electron chi connectivity index (χ2n) is 8.23. The molecule has 1 aliphatic heterocycles. The number of hydrogen-bond acceptors (Lipinski definition) is 11. The fourth-order valence-corrected chi connectivity index (χ4v) is 5.36. The third kappa shape index (κ3) is 4.83. The number of carbonyl (C=O) groups excluding carboxylic acids is 1. The Morgan fingerprint density at radius 3 is 2.44 bits per heavy atom. The highest BCUT2D eigenvalue weighted by Crippen LogP contribution is 2.42. The average molecular weight is 556 g/mol. The zero-order chi connectivity index (χ0) is 28.4. The maximum Gasteiger partial charge on any atom is 0.338 e. The Hall–Kier alpha value is -4.65. The van der Waals surface area contributed by atoms with E-state index < -0.39 is 33.9 Å². The molecule has 3 aromatic rings. The molecule has 0 radical (unpaired) electrons. The molecule has 39 heavy (non-hydrogen) atoms. The summed E-state index contributed by atoms with van der Waals surface area (Å²) in [6.45, 7) is 3.41. The van der Waals surface area contributed by atoms with E-state index in [2.05, 4.69) is 4.99 Å². The van der Waals surface area contributed by atoms with Crippen LogP contribution in [-0.2, 0) is 9.53 Å². The molecule has 4 rings (SSSR count). The number of nitro groups is 1. The average Bonchev–Trinajstić information content (AvgIpc) is 3.21. The highest BCUT2D eigenvalue weighted by atomic mass is 32.1. The first kappa shape index (κ1) is 27.4. The molecule has 0 saturated heterocycles. The van der Waals surface area contributed by atoms with E-state index in [4.69, 9.17) is 18.9 Å². The lowest BCUT2D eigenvalue weighted by molar-refractivity contribution is -0.385. The van der Waals surface area contributed by atoms with Crippen LogP contribution < -0.4 is 29.1 Å². The minimum Gasteiger partial charge on any atom is -0.502 e. The summed E-state index contributed by atoms with van der Waals surface area (Å²) >= 11 is 1.01. The van der Waals surface area contributed by atoms with Crippen LogP contribution in [-0.4, -0.2) is 48.5 Å². The SMILES string of the molecule is CCOC(=O)C1=C(C)N=c2s/c(=C/c3cccc([N+](=O)[O-])c3O)c(=O)n2[C@H]1c1cc(OC)c(OC)c(OC)c1. The molecular formula is C26H25N3O9S. The standard InChI is InChI=1S/C26H25N3O9S/c1-6-38-25(32)20-13(2)27-26-28(21(20)15-10-17(35-3)23(37-5)18(11-15)36-4)24(31)19(39-26)12-14-8-7-9-16(22(14)30)29(33)34/h7-12,21,30H,6H2,1-5H3/b19-12+/t21-/m0/s1. The molecule has 1 aliphatic rings. The van der Waals surface area contributed by atoms with Gasteiger partial charge in [0.15, 0.2) is 16.3 Å². The van der Waals surface area contributed by atoms with Gasteiger partial charge in [-0.3, -0.25) is 19.5 Å². The number of aromatic hydroxyl groups is 1.